The molecule has 162 valence electrons. The van der Waals surface area contributed by atoms with Crippen molar-refractivity contribution >= 4 is 53.1 Å². The third kappa shape index (κ3) is 7.85. The van der Waals surface area contributed by atoms with Crippen molar-refractivity contribution in [2.75, 3.05) is 31.6 Å². The summed E-state index contributed by atoms with van der Waals surface area (Å²) in [6, 6.07) is 8.66. The van der Waals surface area contributed by atoms with E-state index in [1.54, 1.807) is 7.05 Å². The maximum atomic E-state index is 12.1. The van der Waals surface area contributed by atoms with E-state index >= 15 is 0 Å². The number of nitrogens with one attached hydrogen (secondary N) is 3. The van der Waals surface area contributed by atoms with Gasteiger partial charge in [-0.05, 0) is 37.5 Å². The van der Waals surface area contributed by atoms with Gasteiger partial charge in [0.1, 0.15) is 0 Å². The summed E-state index contributed by atoms with van der Waals surface area (Å²) < 4.78 is 0. The van der Waals surface area contributed by atoms with Crippen molar-refractivity contribution in [3.05, 3.63) is 29.3 Å². The largest absolute Gasteiger partial charge is 0.369 e. The predicted octanol–water partition coefficient (Wildman–Crippen LogP) is 3.54. The summed E-state index contributed by atoms with van der Waals surface area (Å²) in [5.74, 6) is 0.881. The number of carbonyl (C=O) groups is 1. The highest BCUT2D eigenvalue weighted by Gasteiger charge is 2.23. The number of nitrogens with zero attached hydrogens (tertiary/aromatic N) is 2. The molecule has 1 heterocycles. The van der Waals surface area contributed by atoms with Crippen LogP contribution < -0.4 is 20.9 Å². The molecule has 0 aromatic heterocycles. The van der Waals surface area contributed by atoms with Crippen LogP contribution in [-0.2, 0) is 4.79 Å². The molecule has 29 heavy (non-hydrogen) atoms. The number of hydrogen-bond acceptors (Lipinski definition) is 3. The molecule has 1 saturated carbocycles. The van der Waals surface area contributed by atoms with Crippen LogP contribution in [0, 0.1) is 0 Å². The summed E-state index contributed by atoms with van der Waals surface area (Å²) in [6.07, 6.45) is 7.50. The maximum Gasteiger partial charge on any atom is 0.221 e. The fourth-order valence-corrected chi connectivity index (χ4v) is 4.20. The van der Waals surface area contributed by atoms with E-state index in [4.69, 9.17) is 11.6 Å². The summed E-state index contributed by atoms with van der Waals surface area (Å²) in [6.45, 7) is 2.48. The van der Waals surface area contributed by atoms with Crippen LogP contribution in [0.5, 0.6) is 0 Å². The number of guanidine groups is 1. The number of hydrogen-bond donors (Lipinski definition) is 3. The van der Waals surface area contributed by atoms with E-state index in [1.165, 1.54) is 19.3 Å². The second kappa shape index (κ2) is 12.5. The Morgan fingerprint density at radius 2 is 1.97 bits per heavy atom. The van der Waals surface area contributed by atoms with Crippen LogP contribution in [0.3, 0.4) is 0 Å². The van der Waals surface area contributed by atoms with E-state index in [9.17, 15) is 4.79 Å². The number of aliphatic imine (C=N–C) groups is 1. The van der Waals surface area contributed by atoms with E-state index < -0.39 is 0 Å². The first-order valence-electron chi connectivity index (χ1n) is 10.4. The highest BCUT2D eigenvalue weighted by atomic mass is 127. The Kier molecular flexibility index (Phi) is 10.3. The molecule has 1 unspecified atom stereocenters. The number of halogens is 2. The van der Waals surface area contributed by atoms with Crippen LogP contribution in [0.1, 0.15) is 44.9 Å². The highest BCUT2D eigenvalue weighted by Crippen LogP contribution is 2.23. The average Bonchev–Trinajstić information content (AvgIpc) is 3.16. The topological polar surface area (TPSA) is 68.8 Å². The van der Waals surface area contributed by atoms with Gasteiger partial charge in [0, 0.05) is 55.9 Å². The van der Waals surface area contributed by atoms with Gasteiger partial charge in [0.25, 0.3) is 0 Å². The van der Waals surface area contributed by atoms with Crippen molar-refractivity contribution in [1.82, 2.24) is 16.0 Å². The van der Waals surface area contributed by atoms with Gasteiger partial charge < -0.3 is 20.9 Å². The summed E-state index contributed by atoms with van der Waals surface area (Å²) in [5.41, 5.74) is 1.15. The van der Waals surface area contributed by atoms with E-state index in [0.717, 1.165) is 49.0 Å². The van der Waals surface area contributed by atoms with Gasteiger partial charge >= 0.3 is 0 Å². The number of rotatable bonds is 6. The van der Waals surface area contributed by atoms with Gasteiger partial charge in [0.15, 0.2) is 5.96 Å². The van der Waals surface area contributed by atoms with Crippen molar-refractivity contribution < 1.29 is 4.79 Å². The summed E-state index contributed by atoms with van der Waals surface area (Å²) in [4.78, 5) is 18.8. The molecule has 1 atom stereocenters. The van der Waals surface area contributed by atoms with Gasteiger partial charge in [-0.3, -0.25) is 9.79 Å². The smallest absolute Gasteiger partial charge is 0.221 e. The maximum absolute atomic E-state index is 12.1. The van der Waals surface area contributed by atoms with E-state index in [-0.39, 0.29) is 29.9 Å². The molecule has 1 aromatic carbocycles. The molecule has 2 aliphatic rings. The van der Waals surface area contributed by atoms with E-state index in [0.29, 0.717) is 25.0 Å². The van der Waals surface area contributed by atoms with Crippen LogP contribution in [0.2, 0.25) is 5.02 Å². The number of benzene rings is 1. The fourth-order valence-electron chi connectivity index (χ4n) is 4.01. The Balaban J connectivity index is 0.00000300. The average molecular weight is 534 g/mol. The normalized spacial score (nSPS) is 20.1. The second-order valence-corrected chi connectivity index (χ2v) is 8.14. The van der Waals surface area contributed by atoms with Gasteiger partial charge in [0.05, 0.1) is 0 Å². The zero-order valence-electron chi connectivity index (χ0n) is 17.1. The molecule has 1 aromatic rings. The highest BCUT2D eigenvalue weighted by molar-refractivity contribution is 14.0. The van der Waals surface area contributed by atoms with Crippen LogP contribution in [0.25, 0.3) is 0 Å². The standard InChI is InChI=1S/C21H32ClN5O.HI/c1-23-21(24-12-10-20(28)25-17-7-3-2-4-8-17)26-18-11-13-27(15-18)19-9-5-6-16(22)14-19;/h5-6,9,14,17-18H,2-4,7-8,10-13,15H2,1H3,(H,25,28)(H2,23,24,26);1H. The SMILES string of the molecule is CN=C(NCCC(=O)NC1CCCCC1)NC1CCN(c2cccc(Cl)c2)C1.I. The molecule has 6 nitrogen and oxygen atoms in total. The third-order valence-electron chi connectivity index (χ3n) is 5.54. The van der Waals surface area contributed by atoms with Gasteiger partial charge in [-0.25, -0.2) is 0 Å². The van der Waals surface area contributed by atoms with Crippen LogP contribution in [0.15, 0.2) is 29.3 Å². The van der Waals surface area contributed by atoms with Gasteiger partial charge in [-0.15, -0.1) is 24.0 Å². The first-order valence-corrected chi connectivity index (χ1v) is 10.8. The van der Waals surface area contributed by atoms with Gasteiger partial charge in [0.2, 0.25) is 5.91 Å². The zero-order chi connectivity index (χ0) is 19.8. The Morgan fingerprint density at radius 1 is 1.17 bits per heavy atom. The lowest BCUT2D eigenvalue weighted by atomic mass is 9.95. The molecule has 0 spiro atoms. The van der Waals surface area contributed by atoms with Crippen LogP contribution in [0.4, 0.5) is 5.69 Å². The fraction of sp³-hybridized carbons (Fsp3) is 0.619. The lowest BCUT2D eigenvalue weighted by molar-refractivity contribution is -0.121. The molecule has 3 rings (SSSR count). The minimum Gasteiger partial charge on any atom is -0.369 e. The minimum atomic E-state index is 0. The molecular formula is C21H33ClIN5O. The van der Waals surface area contributed by atoms with Crippen LogP contribution >= 0.6 is 35.6 Å². The zero-order valence-corrected chi connectivity index (χ0v) is 20.2. The Bertz CT molecular complexity index is 681. The monoisotopic (exact) mass is 533 g/mol. The van der Waals surface area contributed by atoms with Gasteiger partial charge in [-0.1, -0.05) is 36.9 Å². The lowest BCUT2D eigenvalue weighted by Gasteiger charge is -2.23. The van der Waals surface area contributed by atoms with E-state index in [2.05, 4.69) is 31.9 Å². The van der Waals surface area contributed by atoms with Crippen LogP contribution in [-0.4, -0.2) is 50.6 Å². The van der Waals surface area contributed by atoms with Crippen molar-refractivity contribution in [2.45, 2.75) is 57.0 Å². The number of amides is 1. The Labute approximate surface area is 196 Å². The second-order valence-electron chi connectivity index (χ2n) is 7.71. The first kappa shape index (κ1) is 24.1. The Morgan fingerprint density at radius 3 is 2.69 bits per heavy atom. The summed E-state index contributed by atoms with van der Waals surface area (Å²) in [7, 11) is 1.77. The molecule has 0 bridgehead atoms. The molecular weight excluding hydrogens is 501 g/mol. The minimum absolute atomic E-state index is 0. The molecule has 1 saturated heterocycles. The third-order valence-corrected chi connectivity index (χ3v) is 5.78. The quantitative estimate of drug-likeness (QED) is 0.297. The van der Waals surface area contributed by atoms with Crippen molar-refractivity contribution in [2.24, 2.45) is 4.99 Å². The van der Waals surface area contributed by atoms with Crippen molar-refractivity contribution in [3.63, 3.8) is 0 Å². The first-order chi connectivity index (χ1) is 13.6. The van der Waals surface area contributed by atoms with Crippen molar-refractivity contribution in [3.8, 4) is 0 Å². The van der Waals surface area contributed by atoms with Gasteiger partial charge in [-0.2, -0.15) is 0 Å². The number of anilines is 1. The lowest BCUT2D eigenvalue weighted by Crippen LogP contribution is -2.46. The molecule has 1 aliphatic carbocycles. The Hall–Kier alpha value is -1.22. The van der Waals surface area contributed by atoms with E-state index in [1.807, 2.05) is 18.2 Å². The predicted molar refractivity (Wildman–Crippen MR) is 132 cm³/mol. The molecule has 3 N–H and O–H groups in total. The number of carbonyl (C=O) groups excluding carboxylic acids is 1. The molecule has 1 amide bonds. The summed E-state index contributed by atoms with van der Waals surface area (Å²) >= 11 is 6.11. The summed E-state index contributed by atoms with van der Waals surface area (Å²) in [5, 5.41) is 10.7. The molecule has 1 aliphatic heterocycles. The molecule has 2 fully saturated rings. The molecule has 8 heteroatoms. The molecule has 0 radical (unpaired) electrons. The van der Waals surface area contributed by atoms with Crippen molar-refractivity contribution in [1.29, 1.82) is 0 Å².